The lowest BCUT2D eigenvalue weighted by Crippen LogP contribution is -2.53. The number of fused-ring (bicyclic) bond motifs is 1. The van der Waals surface area contributed by atoms with E-state index < -0.39 is 38.6 Å². The van der Waals surface area contributed by atoms with Crippen LogP contribution < -0.4 is 25.4 Å². The van der Waals surface area contributed by atoms with Crippen molar-refractivity contribution >= 4 is 66.2 Å². The van der Waals surface area contributed by atoms with Crippen molar-refractivity contribution in [3.8, 4) is 17.9 Å². The van der Waals surface area contributed by atoms with Crippen LogP contribution in [0.1, 0.15) is 30.7 Å². The highest BCUT2D eigenvalue weighted by molar-refractivity contribution is 7.46. The minimum atomic E-state index is -4.77. The van der Waals surface area contributed by atoms with E-state index in [-0.39, 0.29) is 51.6 Å². The van der Waals surface area contributed by atoms with Crippen molar-refractivity contribution < 1.29 is 42.7 Å². The lowest BCUT2D eigenvalue weighted by molar-refractivity contribution is -0.150. The number of halogens is 1. The largest absolute Gasteiger partial charge is 0.524 e. The van der Waals surface area contributed by atoms with Gasteiger partial charge in [0.05, 0.1) is 46.7 Å². The first-order valence-electron chi connectivity index (χ1n) is 16.1. The number of esters is 1. The number of carbonyl (C=O) groups excluding carboxylic acids is 3. The molecule has 2 aromatic heterocycles. The molecule has 3 heterocycles. The molecule has 54 heavy (non-hydrogen) atoms. The smallest absolute Gasteiger partial charge is 0.428 e. The van der Waals surface area contributed by atoms with Gasteiger partial charge in [-0.3, -0.25) is 24.3 Å². The highest BCUT2D eigenvalue weighted by Crippen LogP contribution is 2.40. The van der Waals surface area contributed by atoms with E-state index in [1.54, 1.807) is 19.9 Å². The van der Waals surface area contributed by atoms with Gasteiger partial charge >= 0.3 is 19.9 Å². The molecule has 0 unspecified atom stereocenters. The summed E-state index contributed by atoms with van der Waals surface area (Å²) < 4.78 is 27.2. The monoisotopic (exact) mass is 781 g/mol. The molecule has 0 aliphatic carbocycles. The number of phosphoric acid groups is 1. The van der Waals surface area contributed by atoms with Gasteiger partial charge in [0, 0.05) is 32.7 Å². The van der Waals surface area contributed by atoms with Crippen LogP contribution in [-0.2, 0) is 30.0 Å². The number of hydrogen-bond donors (Lipinski definition) is 4. The summed E-state index contributed by atoms with van der Waals surface area (Å²) in [6.45, 7) is 4.65. The van der Waals surface area contributed by atoms with Gasteiger partial charge in [-0.05, 0) is 43.7 Å². The predicted molar refractivity (Wildman–Crippen MR) is 191 cm³/mol. The van der Waals surface area contributed by atoms with E-state index in [0.29, 0.717) is 44.0 Å². The molecule has 4 aromatic rings. The van der Waals surface area contributed by atoms with E-state index in [1.165, 1.54) is 41.0 Å². The quantitative estimate of drug-likeness (QED) is 0.0861. The first kappa shape index (κ1) is 39.2. The second-order valence-electron chi connectivity index (χ2n) is 11.6. The Morgan fingerprint density at radius 3 is 2.43 bits per heavy atom. The Morgan fingerprint density at radius 2 is 1.81 bits per heavy atom. The van der Waals surface area contributed by atoms with Gasteiger partial charge in [0.25, 0.3) is 5.95 Å². The van der Waals surface area contributed by atoms with E-state index in [0.717, 1.165) is 4.90 Å². The topological polar surface area (TPSA) is 275 Å². The standard InChI is InChI=1S/C32H33ClN11O9P/c1-3-37-29-30-38-17-22(16-35)44(30)40-31(39-29)43(32(47)52-18-51-26(45)14-20-4-6-23(7-5-20)53-54(48,49)50)25-13-21(15-34)12-24(27(25)33)42-10-8-41(9-11-42)19(2)28(36)46/h4-7,12-13,17,19H,3,8-11,14,18H2,1-2H3,(H2,36,46)(H,37,39,40)(H2,48,49,50)/t19-/m0/s1. The summed E-state index contributed by atoms with van der Waals surface area (Å²) in [4.78, 5) is 69.7. The molecule has 0 radical (unpaired) electrons. The SMILES string of the molecule is CCNc1nc(N(C(=O)OCOC(=O)Cc2ccc(OP(=O)(O)O)cc2)c2cc(C#N)cc(N3CCN([C@@H](C)C(N)=O)CC3)c2Cl)nn2c(C#N)cnc12. The third-order valence-corrected chi connectivity index (χ3v) is 8.95. The second-order valence-corrected chi connectivity index (χ2v) is 13.1. The zero-order valence-corrected chi connectivity index (χ0v) is 30.4. The number of anilines is 4. The number of carbonyl (C=O) groups is 3. The summed E-state index contributed by atoms with van der Waals surface area (Å²) in [5.74, 6) is -1.60. The van der Waals surface area contributed by atoms with Gasteiger partial charge < -0.3 is 29.9 Å². The minimum absolute atomic E-state index is 0.00496. The third kappa shape index (κ3) is 9.12. The molecule has 20 nitrogen and oxygen atoms in total. The third-order valence-electron chi connectivity index (χ3n) is 8.11. The molecular weight excluding hydrogens is 749 g/mol. The van der Waals surface area contributed by atoms with Gasteiger partial charge in [0.15, 0.2) is 17.2 Å². The molecule has 5 rings (SSSR count). The average molecular weight is 782 g/mol. The zero-order chi connectivity index (χ0) is 39.2. The normalized spacial score (nSPS) is 13.7. The van der Waals surface area contributed by atoms with Crippen LogP contribution in [0.3, 0.4) is 0 Å². The molecule has 22 heteroatoms. The predicted octanol–water partition coefficient (Wildman–Crippen LogP) is 2.44. The lowest BCUT2D eigenvalue weighted by atomic mass is 10.1. The fraction of sp³-hybridized carbons (Fsp3) is 0.312. The van der Waals surface area contributed by atoms with Gasteiger partial charge in [0.2, 0.25) is 12.7 Å². The summed E-state index contributed by atoms with van der Waals surface area (Å²) in [5.41, 5.74) is 6.50. The first-order valence-corrected chi connectivity index (χ1v) is 18.0. The molecule has 0 bridgehead atoms. The van der Waals surface area contributed by atoms with Crippen LogP contribution in [0.5, 0.6) is 5.75 Å². The summed E-state index contributed by atoms with van der Waals surface area (Å²) >= 11 is 7.02. The van der Waals surface area contributed by atoms with Crippen molar-refractivity contribution in [2.45, 2.75) is 26.3 Å². The minimum Gasteiger partial charge on any atom is -0.428 e. The number of piperazine rings is 1. The number of amides is 2. The van der Waals surface area contributed by atoms with Crippen molar-refractivity contribution in [1.82, 2.24) is 24.5 Å². The van der Waals surface area contributed by atoms with Crippen LogP contribution in [0.2, 0.25) is 5.02 Å². The fourth-order valence-electron chi connectivity index (χ4n) is 5.43. The van der Waals surface area contributed by atoms with Gasteiger partial charge in [0.1, 0.15) is 11.8 Å². The Morgan fingerprint density at radius 1 is 1.11 bits per heavy atom. The Balaban J connectivity index is 1.46. The number of aromatic nitrogens is 4. The van der Waals surface area contributed by atoms with Crippen molar-refractivity contribution in [3.63, 3.8) is 0 Å². The number of rotatable bonds is 13. The van der Waals surface area contributed by atoms with E-state index in [9.17, 15) is 29.5 Å². The second kappa shape index (κ2) is 16.8. The lowest BCUT2D eigenvalue weighted by Gasteiger charge is -2.38. The van der Waals surface area contributed by atoms with Gasteiger partial charge in [-0.25, -0.2) is 19.2 Å². The van der Waals surface area contributed by atoms with Crippen LogP contribution in [0.25, 0.3) is 5.65 Å². The van der Waals surface area contributed by atoms with Crippen molar-refractivity contribution in [3.05, 3.63) is 64.4 Å². The molecule has 5 N–H and O–H groups in total. The van der Waals surface area contributed by atoms with Gasteiger partial charge in [-0.2, -0.15) is 20.0 Å². The van der Waals surface area contributed by atoms with Crippen LogP contribution in [0.15, 0.2) is 42.6 Å². The number of nitriles is 2. The maximum absolute atomic E-state index is 14.0. The van der Waals surface area contributed by atoms with E-state index >= 15 is 0 Å². The highest BCUT2D eigenvalue weighted by Gasteiger charge is 2.32. The van der Waals surface area contributed by atoms with Gasteiger partial charge in [-0.1, -0.05) is 23.7 Å². The van der Waals surface area contributed by atoms with E-state index in [4.69, 9.17) is 36.6 Å². The maximum atomic E-state index is 14.0. The molecule has 2 aromatic carbocycles. The van der Waals surface area contributed by atoms with Crippen molar-refractivity contribution in [2.24, 2.45) is 5.73 Å². The Labute approximate surface area is 312 Å². The number of benzene rings is 2. The average Bonchev–Trinajstić information content (AvgIpc) is 3.56. The maximum Gasteiger partial charge on any atom is 0.524 e. The number of imidazole rings is 1. The van der Waals surface area contributed by atoms with Gasteiger partial charge in [-0.15, -0.1) is 5.10 Å². The van der Waals surface area contributed by atoms with Crippen LogP contribution in [0.4, 0.5) is 27.9 Å². The number of ether oxygens (including phenoxy) is 2. The number of nitrogens with two attached hydrogens (primary N) is 1. The molecule has 1 atom stereocenters. The van der Waals surface area contributed by atoms with E-state index in [2.05, 4.69) is 31.0 Å². The molecule has 1 aliphatic heterocycles. The van der Waals surface area contributed by atoms with E-state index in [1.807, 2.05) is 15.9 Å². The molecule has 0 saturated carbocycles. The molecule has 2 amide bonds. The number of phosphoric ester groups is 1. The highest BCUT2D eigenvalue weighted by atomic mass is 35.5. The zero-order valence-electron chi connectivity index (χ0n) is 28.7. The summed E-state index contributed by atoms with van der Waals surface area (Å²) in [7, 11) is -4.77. The molecular formula is C32H33ClN11O9P. The van der Waals surface area contributed by atoms with Crippen molar-refractivity contribution in [2.75, 3.05) is 54.6 Å². The molecule has 0 spiro atoms. The number of nitrogens with zero attached hydrogens (tertiary/aromatic N) is 9. The van der Waals surface area contributed by atoms with Crippen molar-refractivity contribution in [1.29, 1.82) is 10.5 Å². The molecule has 1 fully saturated rings. The molecule has 1 saturated heterocycles. The Kier molecular flexibility index (Phi) is 12.2. The summed E-state index contributed by atoms with van der Waals surface area (Å²) in [6.07, 6.45) is -0.203. The number of primary amides is 1. The molecule has 282 valence electrons. The summed E-state index contributed by atoms with van der Waals surface area (Å²) in [6, 6.07) is 11.7. The fourth-order valence-corrected chi connectivity index (χ4v) is 6.14. The number of hydrogen-bond acceptors (Lipinski definition) is 15. The van der Waals surface area contributed by atoms with Crippen LogP contribution >= 0.6 is 19.4 Å². The van der Waals surface area contributed by atoms with Crippen LogP contribution in [0, 0.1) is 22.7 Å². The molecule has 1 aliphatic rings. The first-order chi connectivity index (χ1) is 25.7. The number of nitrogens with one attached hydrogen (secondary N) is 1. The summed E-state index contributed by atoms with van der Waals surface area (Å²) in [5, 5.41) is 27.2. The Bertz CT molecular complexity index is 2190. The Hall–Kier alpha value is -6.02. The van der Waals surface area contributed by atoms with Crippen LogP contribution in [-0.4, -0.2) is 97.8 Å².